The third-order valence-electron chi connectivity index (χ3n) is 6.46. The summed E-state index contributed by atoms with van der Waals surface area (Å²) in [5, 5.41) is 9.94. The number of halogens is 3. The molecule has 2 fully saturated rings. The average molecular weight is 460 g/mol. The zero-order valence-corrected chi connectivity index (χ0v) is 18.5. The van der Waals surface area contributed by atoms with Crippen molar-refractivity contribution in [2.24, 2.45) is 0 Å². The predicted molar refractivity (Wildman–Crippen MR) is 122 cm³/mol. The minimum atomic E-state index is -4.41. The van der Waals surface area contributed by atoms with Crippen LogP contribution in [-0.2, 0) is 6.18 Å². The van der Waals surface area contributed by atoms with Gasteiger partial charge in [0.05, 0.1) is 11.8 Å². The van der Waals surface area contributed by atoms with E-state index in [9.17, 15) is 13.2 Å². The smallest absolute Gasteiger partial charge is 0.351 e. The fraction of sp³-hybridized carbons (Fsp3) is 0.522. The van der Waals surface area contributed by atoms with Crippen LogP contribution in [0.15, 0.2) is 24.4 Å². The van der Waals surface area contributed by atoms with Gasteiger partial charge in [-0.2, -0.15) is 18.2 Å². The third kappa shape index (κ3) is 4.75. The molecule has 0 spiro atoms. The van der Waals surface area contributed by atoms with E-state index in [1.165, 1.54) is 12.8 Å². The molecule has 2 aliphatic rings. The first-order valence-corrected chi connectivity index (χ1v) is 11.5. The number of rotatable bonds is 5. The van der Waals surface area contributed by atoms with E-state index >= 15 is 0 Å². The number of aromatic nitrogens is 4. The molecular formula is C23H28F3N7. The van der Waals surface area contributed by atoms with Crippen LogP contribution in [0.2, 0.25) is 0 Å². The van der Waals surface area contributed by atoms with E-state index in [2.05, 4.69) is 25.9 Å². The number of piperidine rings is 1. The van der Waals surface area contributed by atoms with Crippen LogP contribution in [0.1, 0.15) is 55.7 Å². The molecule has 176 valence electrons. The Hall–Kier alpha value is -2.88. The van der Waals surface area contributed by atoms with Crippen LogP contribution in [0.5, 0.6) is 0 Å². The zero-order chi connectivity index (χ0) is 23.0. The van der Waals surface area contributed by atoms with Crippen molar-refractivity contribution in [3.63, 3.8) is 0 Å². The maximum absolute atomic E-state index is 13.4. The predicted octanol–water partition coefficient (Wildman–Crippen LogP) is 5.18. The lowest BCUT2D eigenvalue weighted by Crippen LogP contribution is -2.30. The molecule has 5 rings (SSSR count). The van der Waals surface area contributed by atoms with Gasteiger partial charge in [0.1, 0.15) is 5.52 Å². The third-order valence-corrected chi connectivity index (χ3v) is 6.46. The number of hydrogen-bond acceptors (Lipinski definition) is 6. The van der Waals surface area contributed by atoms with E-state index in [0.29, 0.717) is 40.4 Å². The van der Waals surface area contributed by atoms with Gasteiger partial charge in [-0.3, -0.25) is 4.57 Å². The number of benzene rings is 1. The van der Waals surface area contributed by atoms with E-state index in [4.69, 9.17) is 4.98 Å². The highest BCUT2D eigenvalue weighted by Crippen LogP contribution is 2.34. The molecule has 0 bridgehead atoms. The van der Waals surface area contributed by atoms with Crippen LogP contribution in [0, 0.1) is 6.92 Å². The van der Waals surface area contributed by atoms with E-state index in [1.54, 1.807) is 19.2 Å². The second-order valence-electron chi connectivity index (χ2n) is 9.03. The molecule has 0 amide bonds. The molecule has 0 atom stereocenters. The first kappa shape index (κ1) is 21.9. The Morgan fingerprint density at radius 2 is 1.79 bits per heavy atom. The van der Waals surface area contributed by atoms with Crippen molar-refractivity contribution in [1.29, 1.82) is 0 Å². The summed E-state index contributed by atoms with van der Waals surface area (Å²) in [5.41, 5.74) is 1.52. The van der Waals surface area contributed by atoms with E-state index in [1.807, 2.05) is 4.57 Å². The van der Waals surface area contributed by atoms with Crippen molar-refractivity contribution in [3.05, 3.63) is 35.5 Å². The lowest BCUT2D eigenvalue weighted by Gasteiger charge is -2.26. The molecule has 2 aromatic heterocycles. The van der Waals surface area contributed by atoms with Crippen LogP contribution in [0.4, 0.5) is 30.8 Å². The molecule has 33 heavy (non-hydrogen) atoms. The Morgan fingerprint density at radius 1 is 1.03 bits per heavy atom. The molecule has 0 unspecified atom stereocenters. The number of hydrogen-bond donors (Lipinski definition) is 3. The minimum absolute atomic E-state index is 0.139. The van der Waals surface area contributed by atoms with Gasteiger partial charge in [0.15, 0.2) is 5.65 Å². The number of alkyl halides is 3. The van der Waals surface area contributed by atoms with E-state index in [-0.39, 0.29) is 6.04 Å². The van der Waals surface area contributed by atoms with Crippen molar-refractivity contribution in [1.82, 2.24) is 24.8 Å². The van der Waals surface area contributed by atoms with Gasteiger partial charge in [0.25, 0.3) is 0 Å². The summed E-state index contributed by atoms with van der Waals surface area (Å²) < 4.78 is 42.1. The van der Waals surface area contributed by atoms with Gasteiger partial charge < -0.3 is 16.0 Å². The number of nitrogens with zero attached hydrogens (tertiary/aromatic N) is 4. The van der Waals surface area contributed by atoms with Crippen LogP contribution in [-0.4, -0.2) is 38.7 Å². The topological polar surface area (TPSA) is 79.7 Å². The molecule has 3 N–H and O–H groups in total. The van der Waals surface area contributed by atoms with Crippen molar-refractivity contribution in [2.45, 2.75) is 63.7 Å². The fourth-order valence-electron chi connectivity index (χ4n) is 4.86. The van der Waals surface area contributed by atoms with E-state index < -0.39 is 11.7 Å². The van der Waals surface area contributed by atoms with Crippen molar-refractivity contribution < 1.29 is 13.2 Å². The maximum Gasteiger partial charge on any atom is 0.416 e. The molecule has 0 radical (unpaired) electrons. The van der Waals surface area contributed by atoms with Crippen molar-refractivity contribution >= 4 is 28.7 Å². The lowest BCUT2D eigenvalue weighted by atomic mass is 10.1. The summed E-state index contributed by atoms with van der Waals surface area (Å²) in [7, 11) is 0. The summed E-state index contributed by atoms with van der Waals surface area (Å²) in [5.74, 6) is 1.06. The first-order chi connectivity index (χ1) is 15.9. The lowest BCUT2D eigenvalue weighted by molar-refractivity contribution is -0.137. The molecular weight excluding hydrogens is 431 g/mol. The van der Waals surface area contributed by atoms with Gasteiger partial charge >= 0.3 is 6.18 Å². The Bertz CT molecular complexity index is 1130. The summed E-state index contributed by atoms with van der Waals surface area (Å²) in [6.45, 7) is 3.39. The number of aryl methyl sites for hydroxylation is 1. The van der Waals surface area contributed by atoms with Gasteiger partial charge in [-0.25, -0.2) is 9.97 Å². The fourth-order valence-corrected chi connectivity index (χ4v) is 4.86. The van der Waals surface area contributed by atoms with Gasteiger partial charge in [-0.1, -0.05) is 12.8 Å². The highest BCUT2D eigenvalue weighted by molar-refractivity contribution is 5.76. The van der Waals surface area contributed by atoms with Crippen LogP contribution in [0.3, 0.4) is 0 Å². The summed E-state index contributed by atoms with van der Waals surface area (Å²) in [4.78, 5) is 13.9. The average Bonchev–Trinajstić information content (AvgIpc) is 3.40. The monoisotopic (exact) mass is 459 g/mol. The van der Waals surface area contributed by atoms with Crippen molar-refractivity contribution in [3.8, 4) is 0 Å². The number of anilines is 3. The highest BCUT2D eigenvalue weighted by atomic mass is 19.4. The minimum Gasteiger partial charge on any atom is -0.351 e. The summed E-state index contributed by atoms with van der Waals surface area (Å²) in [6.07, 6.45) is 3.68. The quantitative estimate of drug-likeness (QED) is 0.488. The standard InChI is InChI=1S/C23H28F3N7/c1-14-10-15(23(24,25)26)12-17(11-14)30-22-31-19-13-28-21(29-16-4-2-3-5-16)32-20(19)33(22)18-6-8-27-9-7-18/h10-13,16,18,27H,2-9H2,1H3,(H,30,31)(H,28,29,32). The van der Waals surface area contributed by atoms with Crippen LogP contribution in [0.25, 0.3) is 11.2 Å². The molecule has 1 saturated carbocycles. The first-order valence-electron chi connectivity index (χ1n) is 11.5. The molecule has 10 heteroatoms. The number of fused-ring (bicyclic) bond motifs is 1. The molecule has 3 heterocycles. The molecule has 1 aromatic carbocycles. The summed E-state index contributed by atoms with van der Waals surface area (Å²) >= 11 is 0. The molecule has 1 aliphatic carbocycles. The number of imidazole rings is 1. The second kappa shape index (κ2) is 8.81. The van der Waals surface area contributed by atoms with Crippen molar-refractivity contribution in [2.75, 3.05) is 23.7 Å². The SMILES string of the molecule is Cc1cc(Nc2nc3cnc(NC4CCCC4)nc3n2C2CCNCC2)cc(C(F)(F)F)c1. The molecule has 1 saturated heterocycles. The largest absolute Gasteiger partial charge is 0.416 e. The normalized spacial score (nSPS) is 18.2. The van der Waals surface area contributed by atoms with Gasteiger partial charge in [-0.05, 0) is 69.5 Å². The van der Waals surface area contributed by atoms with Gasteiger partial charge in [-0.15, -0.1) is 0 Å². The van der Waals surface area contributed by atoms with E-state index in [0.717, 1.165) is 50.9 Å². The molecule has 1 aliphatic heterocycles. The zero-order valence-electron chi connectivity index (χ0n) is 18.5. The second-order valence-corrected chi connectivity index (χ2v) is 9.03. The Morgan fingerprint density at radius 3 is 2.52 bits per heavy atom. The molecule has 7 nitrogen and oxygen atoms in total. The molecule has 3 aromatic rings. The Kier molecular flexibility index (Phi) is 5.86. The van der Waals surface area contributed by atoms with Gasteiger partial charge in [0.2, 0.25) is 11.9 Å². The highest BCUT2D eigenvalue weighted by Gasteiger charge is 2.31. The Balaban J connectivity index is 1.54. The Labute approximate surface area is 190 Å². The maximum atomic E-state index is 13.4. The van der Waals surface area contributed by atoms with Gasteiger partial charge in [0, 0.05) is 17.8 Å². The number of nitrogens with one attached hydrogen (secondary N) is 3. The van der Waals surface area contributed by atoms with Crippen LogP contribution >= 0.6 is 0 Å². The summed E-state index contributed by atoms with van der Waals surface area (Å²) in [6, 6.07) is 4.48. The van der Waals surface area contributed by atoms with Crippen LogP contribution < -0.4 is 16.0 Å².